The van der Waals surface area contributed by atoms with Crippen molar-refractivity contribution in [1.82, 2.24) is 0 Å². The van der Waals surface area contributed by atoms with E-state index < -0.39 is 0 Å². The maximum absolute atomic E-state index is 12.0. The van der Waals surface area contributed by atoms with Gasteiger partial charge in [0.15, 0.2) is 0 Å². The van der Waals surface area contributed by atoms with E-state index in [4.69, 9.17) is 4.74 Å². The van der Waals surface area contributed by atoms with Crippen molar-refractivity contribution in [1.29, 1.82) is 0 Å². The maximum Gasteiger partial charge on any atom is 0.311 e. The molecule has 0 saturated carbocycles. The Balaban J connectivity index is 1.39. The molecule has 26 heavy (non-hydrogen) atoms. The van der Waals surface area contributed by atoms with Gasteiger partial charge in [0.1, 0.15) is 5.75 Å². The molecular formula is C22H24O2S2. The van der Waals surface area contributed by atoms with Crippen LogP contribution in [0, 0.1) is 0 Å². The number of benzene rings is 2. The molecule has 0 aromatic heterocycles. The molecule has 1 heterocycles. The third-order valence-electron chi connectivity index (χ3n) is 4.26. The van der Waals surface area contributed by atoms with Crippen molar-refractivity contribution in [2.75, 3.05) is 5.75 Å². The fourth-order valence-electron chi connectivity index (χ4n) is 2.79. The zero-order valence-electron chi connectivity index (χ0n) is 14.8. The van der Waals surface area contributed by atoms with Gasteiger partial charge in [0.05, 0.1) is 0 Å². The quantitative estimate of drug-likeness (QED) is 0.171. The molecule has 2 aromatic carbocycles. The SMILES string of the molecule is O=C(CCCCC1CCSS1)Oc1ccc(C=Cc2ccccc2)cc1. The number of ether oxygens (including phenoxy) is 1. The first-order valence-electron chi connectivity index (χ1n) is 9.12. The molecule has 0 amide bonds. The molecule has 0 aliphatic carbocycles. The lowest BCUT2D eigenvalue weighted by Gasteiger charge is -2.07. The zero-order valence-corrected chi connectivity index (χ0v) is 16.4. The van der Waals surface area contributed by atoms with Gasteiger partial charge in [-0.2, -0.15) is 0 Å². The van der Waals surface area contributed by atoms with Crippen molar-refractivity contribution in [3.05, 3.63) is 65.7 Å². The average Bonchev–Trinajstić information content (AvgIpc) is 3.19. The van der Waals surface area contributed by atoms with E-state index in [-0.39, 0.29) is 5.97 Å². The van der Waals surface area contributed by atoms with Crippen LogP contribution in [-0.2, 0) is 4.79 Å². The molecule has 0 bridgehead atoms. The molecule has 1 aliphatic heterocycles. The van der Waals surface area contributed by atoms with Crippen LogP contribution in [0.2, 0.25) is 0 Å². The minimum absolute atomic E-state index is 0.133. The third-order valence-corrected chi connectivity index (χ3v) is 7.27. The molecule has 1 aliphatic rings. The van der Waals surface area contributed by atoms with E-state index >= 15 is 0 Å². The van der Waals surface area contributed by atoms with Crippen LogP contribution in [-0.4, -0.2) is 17.0 Å². The summed E-state index contributed by atoms with van der Waals surface area (Å²) in [6.45, 7) is 0. The van der Waals surface area contributed by atoms with Crippen LogP contribution in [0.5, 0.6) is 5.75 Å². The molecule has 1 saturated heterocycles. The molecule has 0 N–H and O–H groups in total. The molecular weight excluding hydrogens is 360 g/mol. The van der Waals surface area contributed by atoms with E-state index in [2.05, 4.69) is 24.3 Å². The predicted molar refractivity (Wildman–Crippen MR) is 114 cm³/mol. The summed E-state index contributed by atoms with van der Waals surface area (Å²) >= 11 is 0. The second-order valence-electron chi connectivity index (χ2n) is 6.36. The summed E-state index contributed by atoms with van der Waals surface area (Å²) in [6.07, 6.45) is 9.18. The molecule has 2 nitrogen and oxygen atoms in total. The Morgan fingerprint density at radius 1 is 1.00 bits per heavy atom. The van der Waals surface area contributed by atoms with Crippen LogP contribution in [0.4, 0.5) is 0 Å². The number of rotatable bonds is 8. The van der Waals surface area contributed by atoms with E-state index in [9.17, 15) is 4.79 Å². The summed E-state index contributed by atoms with van der Waals surface area (Å²) in [5.74, 6) is 1.76. The monoisotopic (exact) mass is 384 g/mol. The first-order chi connectivity index (χ1) is 12.8. The second kappa shape index (κ2) is 10.5. The van der Waals surface area contributed by atoms with Crippen LogP contribution in [0.25, 0.3) is 12.2 Å². The zero-order chi connectivity index (χ0) is 18.0. The fourth-order valence-corrected chi connectivity index (χ4v) is 5.82. The lowest BCUT2D eigenvalue weighted by molar-refractivity contribution is -0.134. The van der Waals surface area contributed by atoms with Crippen LogP contribution >= 0.6 is 21.6 Å². The van der Waals surface area contributed by atoms with Gasteiger partial charge < -0.3 is 4.74 Å². The molecule has 0 radical (unpaired) electrons. The Labute approximate surface area is 163 Å². The van der Waals surface area contributed by atoms with E-state index in [0.29, 0.717) is 12.2 Å². The van der Waals surface area contributed by atoms with E-state index in [1.807, 2.05) is 64.1 Å². The van der Waals surface area contributed by atoms with Crippen LogP contribution in [0.15, 0.2) is 54.6 Å². The Bertz CT molecular complexity index is 705. The van der Waals surface area contributed by atoms with Gasteiger partial charge in [0, 0.05) is 17.4 Å². The van der Waals surface area contributed by atoms with Gasteiger partial charge in [-0.15, -0.1) is 0 Å². The smallest absolute Gasteiger partial charge is 0.311 e. The molecule has 1 atom stereocenters. The average molecular weight is 385 g/mol. The number of hydrogen-bond acceptors (Lipinski definition) is 4. The largest absolute Gasteiger partial charge is 0.427 e. The minimum Gasteiger partial charge on any atom is -0.427 e. The summed E-state index contributed by atoms with van der Waals surface area (Å²) in [4.78, 5) is 12.0. The Morgan fingerprint density at radius 3 is 2.42 bits per heavy atom. The van der Waals surface area contributed by atoms with E-state index in [1.54, 1.807) is 0 Å². The number of esters is 1. The summed E-state index contributed by atoms with van der Waals surface area (Å²) < 4.78 is 5.43. The topological polar surface area (TPSA) is 26.3 Å². The summed E-state index contributed by atoms with van der Waals surface area (Å²) in [6, 6.07) is 17.8. The highest BCUT2D eigenvalue weighted by atomic mass is 33.1. The Kier molecular flexibility index (Phi) is 7.71. The minimum atomic E-state index is -0.133. The van der Waals surface area contributed by atoms with Crippen LogP contribution < -0.4 is 4.74 Å². The highest BCUT2D eigenvalue weighted by Crippen LogP contribution is 2.39. The van der Waals surface area contributed by atoms with Gasteiger partial charge >= 0.3 is 5.97 Å². The maximum atomic E-state index is 12.0. The Morgan fingerprint density at radius 2 is 1.73 bits per heavy atom. The van der Waals surface area contributed by atoms with Crippen LogP contribution in [0.1, 0.15) is 43.2 Å². The van der Waals surface area contributed by atoms with Gasteiger partial charge in [0.2, 0.25) is 0 Å². The van der Waals surface area contributed by atoms with Crippen LogP contribution in [0.3, 0.4) is 0 Å². The van der Waals surface area contributed by atoms with Gasteiger partial charge in [0.25, 0.3) is 0 Å². The first-order valence-corrected chi connectivity index (χ1v) is 11.5. The van der Waals surface area contributed by atoms with Crippen molar-refractivity contribution < 1.29 is 9.53 Å². The van der Waals surface area contributed by atoms with Crippen molar-refractivity contribution in [3.8, 4) is 5.75 Å². The van der Waals surface area contributed by atoms with Gasteiger partial charge in [-0.05, 0) is 42.5 Å². The highest BCUT2D eigenvalue weighted by molar-refractivity contribution is 8.77. The molecule has 1 fully saturated rings. The van der Waals surface area contributed by atoms with Gasteiger partial charge in [-0.1, -0.05) is 82.6 Å². The molecule has 3 rings (SSSR count). The standard InChI is InChI=1S/C22H24O2S2/c23-22(9-5-4-8-21-16-17-25-26-21)24-20-14-12-19(13-15-20)11-10-18-6-2-1-3-7-18/h1-3,6-7,10-15,21H,4-5,8-9,16-17H2. The first kappa shape index (κ1) is 19.1. The summed E-state index contributed by atoms with van der Waals surface area (Å²) in [5, 5.41) is 0.785. The lowest BCUT2D eigenvalue weighted by Crippen LogP contribution is -2.08. The third kappa shape index (κ3) is 6.58. The number of carbonyl (C=O) groups is 1. The van der Waals surface area contributed by atoms with Crippen molar-refractivity contribution >= 4 is 39.7 Å². The predicted octanol–water partition coefficient (Wildman–Crippen LogP) is 6.48. The molecule has 136 valence electrons. The number of hydrogen-bond donors (Lipinski definition) is 0. The number of unbranched alkanes of at least 4 members (excludes halogenated alkanes) is 1. The summed E-state index contributed by atoms with van der Waals surface area (Å²) in [5.41, 5.74) is 2.25. The normalized spacial score (nSPS) is 16.8. The molecule has 0 spiro atoms. The summed E-state index contributed by atoms with van der Waals surface area (Å²) in [7, 11) is 3.97. The van der Waals surface area contributed by atoms with E-state index in [1.165, 1.54) is 18.6 Å². The van der Waals surface area contributed by atoms with Gasteiger partial charge in [-0.25, -0.2) is 0 Å². The van der Waals surface area contributed by atoms with Crippen molar-refractivity contribution in [2.24, 2.45) is 0 Å². The van der Waals surface area contributed by atoms with E-state index in [0.717, 1.165) is 29.2 Å². The van der Waals surface area contributed by atoms with Crippen molar-refractivity contribution in [2.45, 2.75) is 37.4 Å². The highest BCUT2D eigenvalue weighted by Gasteiger charge is 2.16. The molecule has 1 unspecified atom stereocenters. The fraction of sp³-hybridized carbons (Fsp3) is 0.318. The Hall–Kier alpha value is -1.65. The molecule has 2 aromatic rings. The lowest BCUT2D eigenvalue weighted by atomic mass is 10.1. The van der Waals surface area contributed by atoms with Gasteiger partial charge in [-0.3, -0.25) is 4.79 Å². The van der Waals surface area contributed by atoms with Crippen molar-refractivity contribution in [3.63, 3.8) is 0 Å². The number of carbonyl (C=O) groups excluding carboxylic acids is 1. The molecule has 4 heteroatoms. The second-order valence-corrected chi connectivity index (χ2v) is 9.15.